The van der Waals surface area contributed by atoms with Gasteiger partial charge in [0.15, 0.2) is 4.34 Å². The van der Waals surface area contributed by atoms with Crippen LogP contribution in [0.5, 0.6) is 0 Å². The molecule has 0 radical (unpaired) electrons. The maximum Gasteiger partial charge on any atom is 0.263 e. The van der Waals surface area contributed by atoms with Gasteiger partial charge in [-0.2, -0.15) is 0 Å². The summed E-state index contributed by atoms with van der Waals surface area (Å²) in [5.41, 5.74) is 1.49. The van der Waals surface area contributed by atoms with Crippen molar-refractivity contribution in [1.29, 1.82) is 0 Å². The number of rotatable bonds is 7. The minimum atomic E-state index is -0.472. The first kappa shape index (κ1) is 22.9. The maximum absolute atomic E-state index is 13.2. The summed E-state index contributed by atoms with van der Waals surface area (Å²) in [6.45, 7) is 1.63. The average molecular weight is 504 g/mol. The predicted molar refractivity (Wildman–Crippen MR) is 125 cm³/mol. The van der Waals surface area contributed by atoms with Crippen LogP contribution in [0.2, 0.25) is 5.02 Å². The van der Waals surface area contributed by atoms with E-state index < -0.39 is 11.7 Å². The Balaban J connectivity index is 1.39. The van der Waals surface area contributed by atoms with Gasteiger partial charge in [-0.1, -0.05) is 64.1 Å². The summed E-state index contributed by atoms with van der Waals surface area (Å²) in [7, 11) is 0. The number of benzene rings is 2. The van der Waals surface area contributed by atoms with Gasteiger partial charge in [0.1, 0.15) is 22.8 Å². The van der Waals surface area contributed by atoms with Gasteiger partial charge in [-0.3, -0.25) is 14.9 Å². The van der Waals surface area contributed by atoms with E-state index in [0.29, 0.717) is 32.1 Å². The van der Waals surface area contributed by atoms with E-state index >= 15 is 0 Å². The van der Waals surface area contributed by atoms with E-state index in [1.165, 1.54) is 18.2 Å². The fraction of sp³-hybridized carbons (Fsp3) is 0.0952. The molecule has 2 amide bonds. The smallest absolute Gasteiger partial charge is 0.263 e. The number of carbonyl (C=O) groups is 2. The first-order valence-corrected chi connectivity index (χ1v) is 11.6. The quantitative estimate of drug-likeness (QED) is 0.261. The highest BCUT2D eigenvalue weighted by Crippen LogP contribution is 2.32. The molecule has 0 aliphatic rings. The summed E-state index contributed by atoms with van der Waals surface area (Å²) in [6.07, 6.45) is 0. The molecule has 8 nitrogen and oxygen atoms in total. The molecule has 0 spiro atoms. The number of anilines is 2. The van der Waals surface area contributed by atoms with Crippen molar-refractivity contribution in [3.63, 3.8) is 0 Å². The normalized spacial score (nSPS) is 10.8. The highest BCUT2D eigenvalue weighted by Gasteiger charge is 2.24. The second-order valence-corrected chi connectivity index (χ2v) is 9.22. The highest BCUT2D eigenvalue weighted by molar-refractivity contribution is 8.01. The van der Waals surface area contributed by atoms with Crippen LogP contribution in [0.4, 0.5) is 15.2 Å². The number of halogens is 2. The van der Waals surface area contributed by atoms with Gasteiger partial charge in [-0.15, -0.1) is 10.2 Å². The second-order valence-electron chi connectivity index (χ2n) is 6.62. The van der Waals surface area contributed by atoms with E-state index in [1.807, 2.05) is 0 Å². The molecule has 0 unspecified atom stereocenters. The van der Waals surface area contributed by atoms with Gasteiger partial charge in [0.2, 0.25) is 11.0 Å². The monoisotopic (exact) mass is 503 g/mol. The van der Waals surface area contributed by atoms with Crippen molar-refractivity contribution in [2.24, 2.45) is 0 Å². The Hall–Kier alpha value is -3.28. The van der Waals surface area contributed by atoms with Crippen LogP contribution in [-0.2, 0) is 4.79 Å². The average Bonchev–Trinajstić information content (AvgIpc) is 3.39. The number of hydrogen-bond donors (Lipinski definition) is 2. The van der Waals surface area contributed by atoms with Crippen LogP contribution in [0.3, 0.4) is 0 Å². The molecule has 0 aliphatic carbocycles. The van der Waals surface area contributed by atoms with E-state index in [4.69, 9.17) is 16.1 Å². The van der Waals surface area contributed by atoms with Crippen molar-refractivity contribution in [2.75, 3.05) is 16.4 Å². The lowest BCUT2D eigenvalue weighted by molar-refractivity contribution is -0.113. The Kier molecular flexibility index (Phi) is 7.02. The number of thioether (sulfide) groups is 1. The molecule has 4 aromatic rings. The molecule has 168 valence electrons. The number of nitrogens with one attached hydrogen (secondary N) is 2. The number of nitrogens with zero attached hydrogens (tertiary/aromatic N) is 3. The number of amides is 2. The Morgan fingerprint density at radius 1 is 1.15 bits per heavy atom. The lowest BCUT2D eigenvalue weighted by Crippen LogP contribution is -2.13. The van der Waals surface area contributed by atoms with E-state index in [2.05, 4.69) is 26.0 Å². The predicted octanol–water partition coefficient (Wildman–Crippen LogP) is 5.28. The molecule has 2 aromatic carbocycles. The number of carbonyl (C=O) groups excluding carboxylic acids is 2. The molecule has 0 atom stereocenters. The molecule has 2 N–H and O–H groups in total. The van der Waals surface area contributed by atoms with Gasteiger partial charge in [0.25, 0.3) is 5.91 Å². The molecule has 0 fully saturated rings. The second kappa shape index (κ2) is 10.1. The van der Waals surface area contributed by atoms with Crippen molar-refractivity contribution in [3.8, 4) is 11.3 Å². The van der Waals surface area contributed by atoms with Crippen LogP contribution < -0.4 is 10.6 Å². The molecular formula is C21H15ClFN5O3S2. The summed E-state index contributed by atoms with van der Waals surface area (Å²) in [6, 6.07) is 12.6. The topological polar surface area (TPSA) is 110 Å². The van der Waals surface area contributed by atoms with Gasteiger partial charge in [-0.05, 0) is 31.2 Å². The third-order valence-corrected chi connectivity index (χ3v) is 6.58. The molecule has 0 aliphatic heterocycles. The first-order chi connectivity index (χ1) is 15.9. The van der Waals surface area contributed by atoms with Crippen molar-refractivity contribution in [2.45, 2.75) is 11.3 Å². The lowest BCUT2D eigenvalue weighted by atomic mass is 10.1. The lowest BCUT2D eigenvalue weighted by Gasteiger charge is -2.04. The molecule has 0 saturated heterocycles. The van der Waals surface area contributed by atoms with Gasteiger partial charge in [-0.25, -0.2) is 4.39 Å². The largest absolute Gasteiger partial charge is 0.360 e. The fourth-order valence-electron chi connectivity index (χ4n) is 2.85. The summed E-state index contributed by atoms with van der Waals surface area (Å²) >= 11 is 8.49. The standard InChI is InChI=1S/C21H15ClFN5O3S2/c1-11-17(18(28-31-11)14-7-2-3-8-15(14)22)19(30)25-20-26-27-21(33-20)32-10-16(29)24-13-6-4-5-12(23)9-13/h2-9H,10H2,1H3,(H,24,29)(H,25,26,30). The van der Waals surface area contributed by atoms with Crippen molar-refractivity contribution in [3.05, 3.63) is 70.7 Å². The van der Waals surface area contributed by atoms with Crippen molar-refractivity contribution >= 4 is 57.3 Å². The molecule has 0 saturated carbocycles. The number of aryl methyl sites for hydroxylation is 1. The maximum atomic E-state index is 13.2. The molecule has 12 heteroatoms. The SMILES string of the molecule is Cc1onc(-c2ccccc2Cl)c1C(=O)Nc1nnc(SCC(=O)Nc2cccc(F)c2)s1. The Morgan fingerprint density at radius 2 is 1.97 bits per heavy atom. The summed E-state index contributed by atoms with van der Waals surface area (Å²) in [5.74, 6) is -0.863. The molecule has 2 heterocycles. The first-order valence-electron chi connectivity index (χ1n) is 9.45. The van der Waals surface area contributed by atoms with E-state index in [1.54, 1.807) is 37.3 Å². The fourth-order valence-corrected chi connectivity index (χ4v) is 4.62. The zero-order chi connectivity index (χ0) is 23.4. The van der Waals surface area contributed by atoms with Crippen LogP contribution in [-0.4, -0.2) is 32.9 Å². The summed E-state index contributed by atoms with van der Waals surface area (Å²) in [5, 5.41) is 17.9. The van der Waals surface area contributed by atoms with E-state index in [0.717, 1.165) is 23.1 Å². The third-order valence-electron chi connectivity index (χ3n) is 4.28. The van der Waals surface area contributed by atoms with Crippen LogP contribution in [0.15, 0.2) is 57.4 Å². The van der Waals surface area contributed by atoms with E-state index in [-0.39, 0.29) is 22.4 Å². The van der Waals surface area contributed by atoms with Gasteiger partial charge < -0.3 is 9.84 Å². The molecule has 2 aromatic heterocycles. The van der Waals surface area contributed by atoms with E-state index in [9.17, 15) is 14.0 Å². The Labute approximate surface area is 200 Å². The highest BCUT2D eigenvalue weighted by atomic mass is 35.5. The van der Waals surface area contributed by atoms with Crippen molar-refractivity contribution < 1.29 is 18.5 Å². The molecular weight excluding hydrogens is 489 g/mol. The van der Waals surface area contributed by atoms with Crippen molar-refractivity contribution in [1.82, 2.24) is 15.4 Å². The van der Waals surface area contributed by atoms with Crippen LogP contribution >= 0.6 is 34.7 Å². The minimum Gasteiger partial charge on any atom is -0.360 e. The van der Waals surface area contributed by atoms with Crippen LogP contribution in [0, 0.1) is 12.7 Å². The molecule has 4 rings (SSSR count). The van der Waals surface area contributed by atoms with Gasteiger partial charge in [0.05, 0.1) is 10.8 Å². The van der Waals surface area contributed by atoms with Gasteiger partial charge in [0, 0.05) is 11.3 Å². The zero-order valence-corrected chi connectivity index (χ0v) is 19.4. The molecule has 0 bridgehead atoms. The van der Waals surface area contributed by atoms with Crippen LogP contribution in [0.25, 0.3) is 11.3 Å². The zero-order valence-electron chi connectivity index (χ0n) is 17.0. The Morgan fingerprint density at radius 3 is 2.76 bits per heavy atom. The van der Waals surface area contributed by atoms with Crippen LogP contribution in [0.1, 0.15) is 16.1 Å². The summed E-state index contributed by atoms with van der Waals surface area (Å²) < 4.78 is 18.9. The minimum absolute atomic E-state index is 0.0422. The number of hydrogen-bond acceptors (Lipinski definition) is 8. The Bertz CT molecular complexity index is 1330. The summed E-state index contributed by atoms with van der Waals surface area (Å²) in [4.78, 5) is 25.0. The number of aromatic nitrogens is 3. The third kappa shape index (κ3) is 5.56. The van der Waals surface area contributed by atoms with Gasteiger partial charge >= 0.3 is 0 Å². The molecule has 33 heavy (non-hydrogen) atoms.